The van der Waals surface area contributed by atoms with Crippen molar-refractivity contribution in [3.05, 3.63) is 175 Å². The van der Waals surface area contributed by atoms with Gasteiger partial charge in [-0.1, -0.05) is 131 Å². The Morgan fingerprint density at radius 2 is 1.06 bits per heavy atom. The number of nitrogens with zero attached hydrogens (tertiary/aromatic N) is 5. The normalized spacial score (nSPS) is 14.8. The zero-order chi connectivity index (χ0) is 42.2. The van der Waals surface area contributed by atoms with E-state index >= 15 is 0 Å². The summed E-state index contributed by atoms with van der Waals surface area (Å²) in [4.78, 5) is 16.2. The highest BCUT2D eigenvalue weighted by Crippen LogP contribution is 2.52. The SMILES string of the molecule is CC1(C)CCC(C)(C)c2c1ccc1c2c2cc3c(cc2n1-c1nc(-c2ccccc2)nc(-c2ccc4sc5ccccc5c4c2)n1)c1c2ccccc2ccc1n3-c1ccccc1. The van der Waals surface area contributed by atoms with Crippen LogP contribution in [-0.4, -0.2) is 24.1 Å². The zero-order valence-electron chi connectivity index (χ0n) is 35.6. The Morgan fingerprint density at radius 3 is 1.87 bits per heavy atom. The number of hydrogen-bond acceptors (Lipinski definition) is 4. The topological polar surface area (TPSA) is 48.5 Å². The molecule has 8 aromatic carbocycles. The van der Waals surface area contributed by atoms with E-state index in [1.807, 2.05) is 17.4 Å². The van der Waals surface area contributed by atoms with Gasteiger partial charge in [0, 0.05) is 58.5 Å². The molecule has 12 aromatic rings. The molecule has 0 fully saturated rings. The summed E-state index contributed by atoms with van der Waals surface area (Å²) in [6, 6.07) is 59.5. The summed E-state index contributed by atoms with van der Waals surface area (Å²) in [6.45, 7) is 9.71. The summed E-state index contributed by atoms with van der Waals surface area (Å²) in [5.41, 5.74) is 10.5. The fraction of sp³-hybridized carbons (Fsp3) is 0.140. The number of para-hydroxylation sites is 1. The number of fused-ring (bicyclic) bond motifs is 13. The summed E-state index contributed by atoms with van der Waals surface area (Å²) in [5.74, 6) is 1.91. The van der Waals surface area contributed by atoms with Gasteiger partial charge in [0.15, 0.2) is 11.6 Å². The Balaban J connectivity index is 1.19. The van der Waals surface area contributed by atoms with E-state index in [0.717, 1.165) is 40.7 Å². The van der Waals surface area contributed by atoms with Crippen molar-refractivity contribution in [1.82, 2.24) is 24.1 Å². The molecular formula is C57H43N5S. The first-order valence-electron chi connectivity index (χ1n) is 22.0. The maximum absolute atomic E-state index is 5.50. The monoisotopic (exact) mass is 829 g/mol. The first kappa shape index (κ1) is 36.5. The number of aromatic nitrogens is 5. The van der Waals surface area contributed by atoms with Crippen LogP contribution in [0.5, 0.6) is 0 Å². The van der Waals surface area contributed by atoms with Crippen molar-refractivity contribution in [3.63, 3.8) is 0 Å². The first-order chi connectivity index (χ1) is 30.7. The minimum Gasteiger partial charge on any atom is -0.309 e. The molecule has 0 saturated carbocycles. The molecule has 0 spiro atoms. The highest BCUT2D eigenvalue weighted by molar-refractivity contribution is 7.25. The summed E-state index contributed by atoms with van der Waals surface area (Å²) in [7, 11) is 0. The largest absolute Gasteiger partial charge is 0.309 e. The molecule has 0 saturated heterocycles. The second kappa shape index (κ2) is 13.2. The van der Waals surface area contributed by atoms with Crippen molar-refractivity contribution in [2.75, 3.05) is 0 Å². The van der Waals surface area contributed by atoms with E-state index < -0.39 is 0 Å². The molecule has 1 aliphatic carbocycles. The highest BCUT2D eigenvalue weighted by Gasteiger charge is 2.39. The van der Waals surface area contributed by atoms with Gasteiger partial charge in [-0.3, -0.25) is 4.57 Å². The van der Waals surface area contributed by atoms with E-state index in [-0.39, 0.29) is 10.8 Å². The molecular weight excluding hydrogens is 787 g/mol. The van der Waals surface area contributed by atoms with Crippen LogP contribution in [0.3, 0.4) is 0 Å². The smallest absolute Gasteiger partial charge is 0.238 e. The molecule has 302 valence electrons. The Morgan fingerprint density at radius 1 is 0.444 bits per heavy atom. The molecule has 1 aliphatic rings. The van der Waals surface area contributed by atoms with Crippen LogP contribution >= 0.6 is 11.3 Å². The maximum atomic E-state index is 5.50. The van der Waals surface area contributed by atoms with Crippen LogP contribution in [0, 0.1) is 0 Å². The average molecular weight is 830 g/mol. The van der Waals surface area contributed by atoms with Crippen LogP contribution in [0.4, 0.5) is 0 Å². The van der Waals surface area contributed by atoms with Gasteiger partial charge in [0.05, 0.1) is 22.1 Å². The van der Waals surface area contributed by atoms with Crippen LogP contribution in [0.15, 0.2) is 164 Å². The van der Waals surface area contributed by atoms with Gasteiger partial charge in [-0.15, -0.1) is 11.3 Å². The predicted molar refractivity (Wildman–Crippen MR) is 265 cm³/mol. The van der Waals surface area contributed by atoms with Gasteiger partial charge in [-0.25, -0.2) is 4.98 Å². The minimum absolute atomic E-state index is 0.0285. The Hall–Kier alpha value is -7.15. The molecule has 0 amide bonds. The third-order valence-corrected chi connectivity index (χ3v) is 15.1. The van der Waals surface area contributed by atoms with Gasteiger partial charge in [-0.05, 0) is 106 Å². The van der Waals surface area contributed by atoms with Crippen molar-refractivity contribution >= 4 is 85.9 Å². The van der Waals surface area contributed by atoms with Crippen LogP contribution in [0.1, 0.15) is 51.7 Å². The van der Waals surface area contributed by atoms with Crippen molar-refractivity contribution in [3.8, 4) is 34.4 Å². The Kier molecular flexibility index (Phi) is 7.64. The molecule has 0 unspecified atom stereocenters. The van der Waals surface area contributed by atoms with E-state index in [1.165, 1.54) is 74.6 Å². The van der Waals surface area contributed by atoms with Crippen LogP contribution in [0.25, 0.3) is 109 Å². The van der Waals surface area contributed by atoms with Gasteiger partial charge in [-0.2, -0.15) is 9.97 Å². The molecule has 0 atom stereocenters. The van der Waals surface area contributed by atoms with E-state index in [1.54, 1.807) is 0 Å². The van der Waals surface area contributed by atoms with E-state index in [4.69, 9.17) is 15.0 Å². The lowest BCUT2D eigenvalue weighted by Gasteiger charge is -2.42. The second-order valence-corrected chi connectivity index (χ2v) is 19.8. The van der Waals surface area contributed by atoms with Crippen molar-refractivity contribution in [2.24, 2.45) is 0 Å². The zero-order valence-corrected chi connectivity index (χ0v) is 36.5. The van der Waals surface area contributed by atoms with Crippen LogP contribution in [0.2, 0.25) is 0 Å². The Bertz CT molecular complexity index is 3850. The molecule has 0 bridgehead atoms. The summed E-state index contributed by atoms with van der Waals surface area (Å²) >= 11 is 1.82. The third kappa shape index (κ3) is 5.37. The molecule has 13 rings (SSSR count). The molecule has 0 N–H and O–H groups in total. The number of thiophene rings is 1. The molecule has 0 aliphatic heterocycles. The van der Waals surface area contributed by atoms with Gasteiger partial charge in [0.1, 0.15) is 0 Å². The van der Waals surface area contributed by atoms with Crippen molar-refractivity contribution in [1.29, 1.82) is 0 Å². The van der Waals surface area contributed by atoms with Crippen LogP contribution in [-0.2, 0) is 10.8 Å². The number of rotatable bonds is 4. The quantitative estimate of drug-likeness (QED) is 0.178. The number of benzene rings is 8. The third-order valence-electron chi connectivity index (χ3n) is 14.0. The van der Waals surface area contributed by atoms with Crippen molar-refractivity contribution < 1.29 is 0 Å². The predicted octanol–water partition coefficient (Wildman–Crippen LogP) is 15.3. The second-order valence-electron chi connectivity index (χ2n) is 18.7. The Labute approximate surface area is 368 Å². The number of hydrogen-bond donors (Lipinski definition) is 0. The van der Waals surface area contributed by atoms with Crippen molar-refractivity contribution in [2.45, 2.75) is 51.4 Å². The lowest BCUT2D eigenvalue weighted by atomic mass is 9.62. The maximum Gasteiger partial charge on any atom is 0.238 e. The molecule has 6 heteroatoms. The average Bonchev–Trinajstić information content (AvgIpc) is 3.97. The molecule has 63 heavy (non-hydrogen) atoms. The van der Waals surface area contributed by atoms with Gasteiger partial charge < -0.3 is 4.57 Å². The molecule has 4 aromatic heterocycles. The molecule has 5 nitrogen and oxygen atoms in total. The lowest BCUT2D eigenvalue weighted by Crippen LogP contribution is -2.34. The fourth-order valence-electron chi connectivity index (χ4n) is 10.8. The van der Waals surface area contributed by atoms with Gasteiger partial charge in [0.25, 0.3) is 0 Å². The minimum atomic E-state index is -0.0566. The molecule has 4 heterocycles. The standard InChI is InChI=1S/C57H43N5S/c1-56(2)29-30-57(3,4)52-43(56)25-27-45-51(52)42-33-46-41(50-38-20-12-11-15-34(38)23-26-44(50)61(46)37-18-9-6-10-19-37)32-47(42)62(45)55-59-53(35-16-7-5-8-17-35)58-54(60-55)36-24-28-49-40(31-36)39-21-13-14-22-48(39)63-49/h5-28,31-33H,29-30H2,1-4H3. The summed E-state index contributed by atoms with van der Waals surface area (Å²) < 4.78 is 7.33. The molecule has 0 radical (unpaired) electrons. The highest BCUT2D eigenvalue weighted by atomic mass is 32.1. The van der Waals surface area contributed by atoms with Crippen LogP contribution < -0.4 is 0 Å². The first-order valence-corrected chi connectivity index (χ1v) is 22.8. The van der Waals surface area contributed by atoms with E-state index in [9.17, 15) is 0 Å². The van der Waals surface area contributed by atoms with E-state index in [2.05, 4.69) is 195 Å². The summed E-state index contributed by atoms with van der Waals surface area (Å²) in [5, 5.41) is 9.86. The lowest BCUT2D eigenvalue weighted by molar-refractivity contribution is 0.334. The van der Waals surface area contributed by atoms with Gasteiger partial charge >= 0.3 is 0 Å². The van der Waals surface area contributed by atoms with E-state index in [0.29, 0.717) is 17.6 Å². The van der Waals surface area contributed by atoms with Gasteiger partial charge in [0.2, 0.25) is 5.95 Å². The summed E-state index contributed by atoms with van der Waals surface area (Å²) in [6.07, 6.45) is 2.24. The fourth-order valence-corrected chi connectivity index (χ4v) is 11.9.